The SMILES string of the molecule is CCC[C@H](Nc1ncnc2c1ncn2[C@@H]1O[C@H](CO)[C@H](O)[C@@H]1O)c1ccccc1. The molecule has 4 N–H and O–H groups in total. The summed E-state index contributed by atoms with van der Waals surface area (Å²) in [6.07, 6.45) is 0.708. The van der Waals surface area contributed by atoms with Gasteiger partial charge in [-0.1, -0.05) is 43.7 Å². The van der Waals surface area contributed by atoms with E-state index in [0.717, 1.165) is 18.4 Å². The van der Waals surface area contributed by atoms with Crippen molar-refractivity contribution >= 4 is 17.0 Å². The van der Waals surface area contributed by atoms with Gasteiger partial charge in [-0.25, -0.2) is 15.0 Å². The van der Waals surface area contributed by atoms with E-state index in [-0.39, 0.29) is 12.6 Å². The number of rotatable bonds is 7. The first-order valence-corrected chi connectivity index (χ1v) is 9.75. The highest BCUT2D eigenvalue weighted by Gasteiger charge is 2.44. The van der Waals surface area contributed by atoms with E-state index in [2.05, 4.69) is 39.3 Å². The molecule has 4 rings (SSSR count). The number of nitrogens with zero attached hydrogens (tertiary/aromatic N) is 4. The van der Waals surface area contributed by atoms with E-state index in [1.165, 1.54) is 12.7 Å². The number of aromatic nitrogens is 4. The molecule has 9 nitrogen and oxygen atoms in total. The second-order valence-electron chi connectivity index (χ2n) is 7.17. The lowest BCUT2D eigenvalue weighted by atomic mass is 10.0. The molecular weight excluding hydrogens is 374 g/mol. The van der Waals surface area contributed by atoms with Crippen molar-refractivity contribution in [3.63, 3.8) is 0 Å². The fourth-order valence-electron chi connectivity index (χ4n) is 3.71. The molecule has 154 valence electrons. The van der Waals surface area contributed by atoms with Gasteiger partial charge in [0.15, 0.2) is 23.2 Å². The molecule has 1 fully saturated rings. The van der Waals surface area contributed by atoms with Gasteiger partial charge in [-0.05, 0) is 12.0 Å². The molecule has 0 unspecified atom stereocenters. The summed E-state index contributed by atoms with van der Waals surface area (Å²) in [5.41, 5.74) is 2.17. The zero-order chi connectivity index (χ0) is 20.4. The second kappa shape index (κ2) is 8.42. The molecule has 1 aliphatic heterocycles. The molecule has 0 amide bonds. The number of anilines is 1. The van der Waals surface area contributed by atoms with Crippen LogP contribution in [0.2, 0.25) is 0 Å². The molecule has 2 aromatic heterocycles. The Morgan fingerprint density at radius 1 is 1.14 bits per heavy atom. The van der Waals surface area contributed by atoms with E-state index in [1.807, 2.05) is 18.2 Å². The molecule has 0 aliphatic carbocycles. The van der Waals surface area contributed by atoms with Gasteiger partial charge in [0.25, 0.3) is 0 Å². The topological polar surface area (TPSA) is 126 Å². The molecule has 0 spiro atoms. The highest BCUT2D eigenvalue weighted by atomic mass is 16.6. The van der Waals surface area contributed by atoms with Gasteiger partial charge < -0.3 is 25.4 Å². The third kappa shape index (κ3) is 3.69. The van der Waals surface area contributed by atoms with Gasteiger partial charge in [0.2, 0.25) is 0 Å². The van der Waals surface area contributed by atoms with E-state index in [1.54, 1.807) is 4.57 Å². The van der Waals surface area contributed by atoms with Crippen LogP contribution in [0.4, 0.5) is 5.82 Å². The van der Waals surface area contributed by atoms with Crippen LogP contribution in [-0.2, 0) is 4.74 Å². The summed E-state index contributed by atoms with van der Waals surface area (Å²) in [7, 11) is 0. The Balaban J connectivity index is 1.66. The van der Waals surface area contributed by atoms with Gasteiger partial charge in [0, 0.05) is 0 Å². The first kappa shape index (κ1) is 19.7. The summed E-state index contributed by atoms with van der Waals surface area (Å²) in [6, 6.07) is 10.2. The van der Waals surface area contributed by atoms with Crippen molar-refractivity contribution in [1.82, 2.24) is 19.5 Å². The van der Waals surface area contributed by atoms with Gasteiger partial charge in [-0.3, -0.25) is 4.57 Å². The van der Waals surface area contributed by atoms with Crippen molar-refractivity contribution < 1.29 is 20.1 Å². The summed E-state index contributed by atoms with van der Waals surface area (Å²) in [6.45, 7) is 1.74. The third-order valence-corrected chi connectivity index (χ3v) is 5.24. The van der Waals surface area contributed by atoms with Crippen LogP contribution in [0.15, 0.2) is 43.0 Å². The van der Waals surface area contributed by atoms with Crippen LogP contribution in [0, 0.1) is 0 Å². The first-order chi connectivity index (χ1) is 14.1. The van der Waals surface area contributed by atoms with E-state index >= 15 is 0 Å². The van der Waals surface area contributed by atoms with Gasteiger partial charge in [-0.2, -0.15) is 0 Å². The number of hydrogen-bond acceptors (Lipinski definition) is 8. The lowest BCUT2D eigenvalue weighted by Crippen LogP contribution is -2.33. The molecule has 5 atom stereocenters. The Kier molecular flexibility index (Phi) is 5.72. The van der Waals surface area contributed by atoms with Crippen molar-refractivity contribution in [1.29, 1.82) is 0 Å². The number of ether oxygens (including phenoxy) is 1. The molecule has 1 aliphatic rings. The maximum Gasteiger partial charge on any atom is 0.167 e. The highest BCUT2D eigenvalue weighted by Crippen LogP contribution is 2.33. The molecule has 0 radical (unpaired) electrons. The number of aliphatic hydroxyl groups excluding tert-OH is 3. The Bertz CT molecular complexity index is 950. The van der Waals surface area contributed by atoms with Crippen LogP contribution in [0.3, 0.4) is 0 Å². The van der Waals surface area contributed by atoms with Crippen LogP contribution < -0.4 is 5.32 Å². The monoisotopic (exact) mass is 399 g/mol. The predicted octanol–water partition coefficient (Wildman–Crippen LogP) is 1.39. The molecule has 1 aromatic carbocycles. The Labute approximate surface area is 168 Å². The molecule has 9 heteroatoms. The maximum atomic E-state index is 10.3. The summed E-state index contributed by atoms with van der Waals surface area (Å²) in [4.78, 5) is 13.1. The van der Waals surface area contributed by atoms with E-state index in [4.69, 9.17) is 4.74 Å². The number of hydrogen-bond donors (Lipinski definition) is 4. The van der Waals surface area contributed by atoms with E-state index in [9.17, 15) is 15.3 Å². The van der Waals surface area contributed by atoms with Crippen molar-refractivity contribution in [3.05, 3.63) is 48.5 Å². The lowest BCUT2D eigenvalue weighted by molar-refractivity contribution is -0.0511. The highest BCUT2D eigenvalue weighted by molar-refractivity contribution is 5.83. The summed E-state index contributed by atoms with van der Waals surface area (Å²) in [5, 5.41) is 33.2. The van der Waals surface area contributed by atoms with Crippen molar-refractivity contribution in [2.24, 2.45) is 0 Å². The van der Waals surface area contributed by atoms with Gasteiger partial charge in [0.1, 0.15) is 24.6 Å². The minimum atomic E-state index is -1.20. The van der Waals surface area contributed by atoms with Crippen LogP contribution in [0.25, 0.3) is 11.2 Å². The second-order valence-corrected chi connectivity index (χ2v) is 7.17. The average molecular weight is 399 g/mol. The quantitative estimate of drug-likeness (QED) is 0.470. The summed E-state index contributed by atoms with van der Waals surface area (Å²) < 4.78 is 7.17. The number of fused-ring (bicyclic) bond motifs is 1. The van der Waals surface area contributed by atoms with Crippen LogP contribution in [0.5, 0.6) is 0 Å². The zero-order valence-corrected chi connectivity index (χ0v) is 16.1. The smallest absolute Gasteiger partial charge is 0.167 e. The minimum absolute atomic E-state index is 0.0679. The van der Waals surface area contributed by atoms with Crippen molar-refractivity contribution in [3.8, 4) is 0 Å². The number of imidazole rings is 1. The maximum absolute atomic E-state index is 10.3. The normalized spacial score (nSPS) is 25.4. The zero-order valence-electron chi connectivity index (χ0n) is 16.1. The van der Waals surface area contributed by atoms with Gasteiger partial charge >= 0.3 is 0 Å². The van der Waals surface area contributed by atoms with Crippen molar-refractivity contribution in [2.45, 2.75) is 50.3 Å². The molecule has 29 heavy (non-hydrogen) atoms. The fraction of sp³-hybridized carbons (Fsp3) is 0.450. The molecule has 3 aromatic rings. The van der Waals surface area contributed by atoms with Gasteiger partial charge in [-0.15, -0.1) is 0 Å². The minimum Gasteiger partial charge on any atom is -0.394 e. The van der Waals surface area contributed by atoms with Crippen LogP contribution in [0.1, 0.15) is 37.6 Å². The Morgan fingerprint density at radius 3 is 2.62 bits per heavy atom. The average Bonchev–Trinajstić information content (AvgIpc) is 3.30. The van der Waals surface area contributed by atoms with Crippen LogP contribution in [-0.4, -0.2) is 59.8 Å². The van der Waals surface area contributed by atoms with E-state index < -0.39 is 24.5 Å². The van der Waals surface area contributed by atoms with E-state index in [0.29, 0.717) is 17.0 Å². The largest absolute Gasteiger partial charge is 0.394 e. The first-order valence-electron chi connectivity index (χ1n) is 9.75. The summed E-state index contributed by atoms with van der Waals surface area (Å²) in [5.74, 6) is 0.586. The third-order valence-electron chi connectivity index (χ3n) is 5.24. The number of benzene rings is 1. The van der Waals surface area contributed by atoms with Gasteiger partial charge in [0.05, 0.1) is 19.0 Å². The van der Waals surface area contributed by atoms with Crippen molar-refractivity contribution in [2.75, 3.05) is 11.9 Å². The molecular formula is C20H25N5O4. The molecule has 3 heterocycles. The standard InChI is InChI=1S/C20H25N5O4/c1-2-6-13(12-7-4-3-5-8-12)24-18-15-19(22-10-21-18)25(11-23-15)20-17(28)16(27)14(9-26)29-20/h3-5,7-8,10-11,13-14,16-17,20,26-28H,2,6,9H2,1H3,(H,21,22,24)/t13-,14+,16-,17-,20+/m0/s1. The Morgan fingerprint density at radius 2 is 1.93 bits per heavy atom. The fourth-order valence-corrected chi connectivity index (χ4v) is 3.71. The van der Waals surface area contributed by atoms with Crippen LogP contribution >= 0.6 is 0 Å². The molecule has 0 bridgehead atoms. The number of aliphatic hydroxyl groups is 3. The number of nitrogens with one attached hydrogen (secondary N) is 1. The molecule has 1 saturated heterocycles. The lowest BCUT2D eigenvalue weighted by Gasteiger charge is -2.20. The summed E-state index contributed by atoms with van der Waals surface area (Å²) >= 11 is 0. The predicted molar refractivity (Wildman–Crippen MR) is 106 cm³/mol. The Hall–Kier alpha value is -2.59. The molecule has 0 saturated carbocycles.